The van der Waals surface area contributed by atoms with Crippen LogP contribution < -0.4 is 4.74 Å². The molecule has 0 spiro atoms. The fraction of sp³-hybridized carbons (Fsp3) is 0.571. The third-order valence-corrected chi connectivity index (χ3v) is 3.81. The molecule has 0 radical (unpaired) electrons. The molecule has 0 aliphatic carbocycles. The van der Waals surface area contributed by atoms with Crippen molar-refractivity contribution in [2.24, 2.45) is 0 Å². The van der Waals surface area contributed by atoms with E-state index in [1.807, 2.05) is 0 Å². The fourth-order valence-corrected chi connectivity index (χ4v) is 3.15. The predicted octanol–water partition coefficient (Wildman–Crippen LogP) is 4.07. The maximum Gasteiger partial charge on any atom is 0.122 e. The molecule has 1 aliphatic rings. The highest BCUT2D eigenvalue weighted by Crippen LogP contribution is 2.33. The quantitative estimate of drug-likeness (QED) is 0.760. The largest absolute Gasteiger partial charge is 0.493 e. The third kappa shape index (κ3) is 2.42. The molecule has 0 unspecified atom stereocenters. The van der Waals surface area contributed by atoms with E-state index < -0.39 is 0 Å². The minimum atomic E-state index is 0.246. The van der Waals surface area contributed by atoms with Gasteiger partial charge in [-0.05, 0) is 41.9 Å². The van der Waals surface area contributed by atoms with Crippen LogP contribution in [0.4, 0.5) is 0 Å². The molecule has 0 N–H and O–H groups in total. The van der Waals surface area contributed by atoms with E-state index in [1.165, 1.54) is 11.1 Å². The summed E-state index contributed by atoms with van der Waals surface area (Å²) in [6.07, 6.45) is 3.47. The topological polar surface area (TPSA) is 9.23 Å². The third-order valence-electron chi connectivity index (χ3n) is 3.41. The van der Waals surface area contributed by atoms with Gasteiger partial charge < -0.3 is 4.74 Å². The second-order valence-electron chi connectivity index (χ2n) is 5.10. The van der Waals surface area contributed by atoms with Crippen molar-refractivity contribution in [3.05, 3.63) is 29.3 Å². The lowest BCUT2D eigenvalue weighted by atomic mass is 9.81. The van der Waals surface area contributed by atoms with E-state index in [1.54, 1.807) is 0 Å². The number of benzene rings is 1. The molecule has 2 heteroatoms. The van der Waals surface area contributed by atoms with Crippen molar-refractivity contribution >= 4 is 15.9 Å². The average Bonchev–Trinajstić information content (AvgIpc) is 2.28. The Morgan fingerprint density at radius 3 is 2.94 bits per heavy atom. The van der Waals surface area contributed by atoms with E-state index in [9.17, 15) is 0 Å². The lowest BCUT2D eigenvalue weighted by Gasteiger charge is -2.27. The monoisotopic (exact) mass is 282 g/mol. The van der Waals surface area contributed by atoms with Crippen LogP contribution in [0.5, 0.6) is 5.75 Å². The molecule has 0 bridgehead atoms. The summed E-state index contributed by atoms with van der Waals surface area (Å²) in [6, 6.07) is 6.68. The van der Waals surface area contributed by atoms with Crippen molar-refractivity contribution in [2.75, 3.05) is 11.9 Å². The first kappa shape index (κ1) is 12.0. The van der Waals surface area contributed by atoms with Gasteiger partial charge >= 0.3 is 0 Å². The van der Waals surface area contributed by atoms with Crippen LogP contribution in [0, 0.1) is 0 Å². The second-order valence-corrected chi connectivity index (χ2v) is 5.89. The van der Waals surface area contributed by atoms with Gasteiger partial charge in [-0.1, -0.05) is 41.9 Å². The first-order chi connectivity index (χ1) is 7.63. The molecule has 0 aromatic heterocycles. The summed E-state index contributed by atoms with van der Waals surface area (Å²) < 4.78 is 5.64. The Hall–Kier alpha value is -0.500. The number of fused-ring (bicyclic) bond motifs is 1. The molecule has 1 aromatic carbocycles. The minimum absolute atomic E-state index is 0.246. The summed E-state index contributed by atoms with van der Waals surface area (Å²) in [4.78, 5) is 0. The van der Waals surface area contributed by atoms with Crippen LogP contribution in [0.1, 0.15) is 37.8 Å². The van der Waals surface area contributed by atoms with Crippen molar-refractivity contribution in [3.8, 4) is 5.75 Å². The molecule has 0 amide bonds. The fourth-order valence-electron chi connectivity index (χ4n) is 2.16. The van der Waals surface area contributed by atoms with Crippen LogP contribution in [0.15, 0.2) is 18.2 Å². The first-order valence-corrected chi connectivity index (χ1v) is 7.08. The summed E-state index contributed by atoms with van der Waals surface area (Å²) in [5, 5.41) is 1.05. The van der Waals surface area contributed by atoms with Gasteiger partial charge in [-0.25, -0.2) is 0 Å². The zero-order valence-corrected chi connectivity index (χ0v) is 11.6. The zero-order chi connectivity index (χ0) is 11.6. The van der Waals surface area contributed by atoms with Gasteiger partial charge in [0.05, 0.1) is 6.61 Å². The highest BCUT2D eigenvalue weighted by Gasteiger charge is 2.21. The Kier molecular flexibility index (Phi) is 3.58. The number of hydrogen-bond donors (Lipinski definition) is 0. The average molecular weight is 283 g/mol. The van der Waals surface area contributed by atoms with Crippen LogP contribution in [0.2, 0.25) is 0 Å². The molecule has 16 heavy (non-hydrogen) atoms. The molecule has 0 saturated heterocycles. The Balaban J connectivity index is 2.29. The Bertz CT molecular complexity index is 371. The second kappa shape index (κ2) is 4.79. The van der Waals surface area contributed by atoms with Crippen LogP contribution >= 0.6 is 15.9 Å². The van der Waals surface area contributed by atoms with Gasteiger partial charge in [0.1, 0.15) is 5.75 Å². The van der Waals surface area contributed by atoms with Crippen molar-refractivity contribution in [1.29, 1.82) is 0 Å². The first-order valence-electron chi connectivity index (χ1n) is 5.96. The van der Waals surface area contributed by atoms with Gasteiger partial charge in [-0.15, -0.1) is 0 Å². The van der Waals surface area contributed by atoms with Gasteiger partial charge in [0, 0.05) is 5.33 Å². The lowest BCUT2D eigenvalue weighted by molar-refractivity contribution is 0.288. The van der Waals surface area contributed by atoms with Gasteiger partial charge in [0.25, 0.3) is 0 Å². The summed E-state index contributed by atoms with van der Waals surface area (Å²) >= 11 is 3.53. The van der Waals surface area contributed by atoms with Gasteiger partial charge in [-0.2, -0.15) is 0 Å². The SMILES string of the molecule is CC(C)(CCBr)c1ccc2c(c1)CCCO2. The molecule has 0 saturated carbocycles. The molecule has 1 aliphatic heterocycles. The summed E-state index contributed by atoms with van der Waals surface area (Å²) in [6.45, 7) is 5.48. The van der Waals surface area contributed by atoms with Crippen molar-refractivity contribution in [1.82, 2.24) is 0 Å². The van der Waals surface area contributed by atoms with E-state index in [0.717, 1.165) is 36.9 Å². The highest BCUT2D eigenvalue weighted by molar-refractivity contribution is 9.09. The van der Waals surface area contributed by atoms with Crippen LogP contribution in [-0.4, -0.2) is 11.9 Å². The van der Waals surface area contributed by atoms with E-state index in [4.69, 9.17) is 4.74 Å². The molecular weight excluding hydrogens is 264 g/mol. The Labute approximate surface area is 106 Å². The highest BCUT2D eigenvalue weighted by atomic mass is 79.9. The molecular formula is C14H19BrO. The molecule has 2 rings (SSSR count). The maximum absolute atomic E-state index is 5.64. The molecule has 1 heterocycles. The van der Waals surface area contributed by atoms with Gasteiger partial charge in [0.2, 0.25) is 0 Å². The van der Waals surface area contributed by atoms with E-state index >= 15 is 0 Å². The smallest absolute Gasteiger partial charge is 0.122 e. The normalized spacial score (nSPS) is 15.4. The number of ether oxygens (including phenoxy) is 1. The van der Waals surface area contributed by atoms with Crippen LogP contribution in [-0.2, 0) is 11.8 Å². The number of halogens is 1. The summed E-state index contributed by atoms with van der Waals surface area (Å²) in [5.41, 5.74) is 3.05. The summed E-state index contributed by atoms with van der Waals surface area (Å²) in [5.74, 6) is 1.09. The maximum atomic E-state index is 5.64. The molecule has 0 fully saturated rings. The van der Waals surface area contributed by atoms with Crippen molar-refractivity contribution < 1.29 is 4.74 Å². The molecule has 0 atom stereocenters. The zero-order valence-electron chi connectivity index (χ0n) is 10.1. The summed E-state index contributed by atoms with van der Waals surface area (Å²) in [7, 11) is 0. The molecule has 88 valence electrons. The van der Waals surface area contributed by atoms with Gasteiger partial charge in [0.15, 0.2) is 0 Å². The molecule has 1 aromatic rings. The predicted molar refractivity (Wildman–Crippen MR) is 71.7 cm³/mol. The van der Waals surface area contributed by atoms with Gasteiger partial charge in [-0.3, -0.25) is 0 Å². The van der Waals surface area contributed by atoms with E-state index in [0.29, 0.717) is 0 Å². The van der Waals surface area contributed by atoms with Crippen molar-refractivity contribution in [3.63, 3.8) is 0 Å². The number of hydrogen-bond acceptors (Lipinski definition) is 1. The standard InChI is InChI=1S/C14H19BrO/c1-14(2,7-8-15)12-5-6-13-11(10-12)4-3-9-16-13/h5-6,10H,3-4,7-9H2,1-2H3. The van der Waals surface area contributed by atoms with Crippen LogP contribution in [0.3, 0.4) is 0 Å². The molecule has 1 nitrogen and oxygen atoms in total. The number of alkyl halides is 1. The number of rotatable bonds is 3. The Morgan fingerprint density at radius 2 is 2.19 bits per heavy atom. The minimum Gasteiger partial charge on any atom is -0.493 e. The Morgan fingerprint density at radius 1 is 1.38 bits per heavy atom. The van der Waals surface area contributed by atoms with E-state index in [-0.39, 0.29) is 5.41 Å². The number of aryl methyl sites for hydroxylation is 1. The van der Waals surface area contributed by atoms with Crippen molar-refractivity contribution in [2.45, 2.75) is 38.5 Å². The van der Waals surface area contributed by atoms with E-state index in [2.05, 4.69) is 48.0 Å². The lowest BCUT2D eigenvalue weighted by Crippen LogP contribution is -2.19. The van der Waals surface area contributed by atoms with Crippen LogP contribution in [0.25, 0.3) is 0 Å².